The Morgan fingerprint density at radius 1 is 0.290 bits per heavy atom. The van der Waals surface area contributed by atoms with Crippen LogP contribution in [0.2, 0.25) is 0 Å². The van der Waals surface area contributed by atoms with Crippen molar-refractivity contribution in [2.45, 2.75) is 54.8 Å². The minimum Gasteiger partial charge on any atom is -0.0616 e. The third-order valence-corrected chi connectivity index (χ3v) is 19.5. The summed E-state index contributed by atoms with van der Waals surface area (Å²) in [6, 6.07) is 65.2. The number of hydrogen-bond donors (Lipinski definition) is 0. The lowest BCUT2D eigenvalue weighted by Gasteiger charge is -2.81. The summed E-state index contributed by atoms with van der Waals surface area (Å²) in [6.07, 6.45) is 8.03. The van der Waals surface area contributed by atoms with Crippen LogP contribution in [0.3, 0.4) is 0 Å². The molecule has 0 aliphatic heterocycles. The van der Waals surface area contributed by atoms with E-state index in [4.69, 9.17) is 0 Å². The molecule has 0 N–H and O–H groups in total. The van der Waals surface area contributed by atoms with Gasteiger partial charge in [-0.3, -0.25) is 0 Å². The Labute approximate surface area is 362 Å². The second-order valence-corrected chi connectivity index (χ2v) is 21.2. The van der Waals surface area contributed by atoms with Crippen LogP contribution in [-0.4, -0.2) is 0 Å². The van der Waals surface area contributed by atoms with Crippen LogP contribution >= 0.6 is 0 Å². The number of hydrogen-bond acceptors (Lipinski definition) is 0. The van der Waals surface area contributed by atoms with E-state index in [2.05, 4.69) is 164 Å². The van der Waals surface area contributed by atoms with Crippen molar-refractivity contribution < 1.29 is 0 Å². The molecule has 0 nitrogen and oxygen atoms in total. The van der Waals surface area contributed by atoms with Gasteiger partial charge in [0.15, 0.2) is 0 Å². The second-order valence-electron chi connectivity index (χ2n) is 21.2. The first-order valence-electron chi connectivity index (χ1n) is 23.6. The van der Waals surface area contributed by atoms with Crippen LogP contribution in [0.25, 0.3) is 99.1 Å². The Hall–Kier alpha value is -6.24. The van der Waals surface area contributed by atoms with Crippen molar-refractivity contribution in [2.75, 3.05) is 0 Å². The maximum Gasteiger partial charge on any atom is 0.00302 e. The summed E-state index contributed by atoms with van der Waals surface area (Å²) in [6.45, 7) is 0. The molecule has 10 aliphatic rings. The smallest absolute Gasteiger partial charge is 0.00302 e. The van der Waals surface area contributed by atoms with Crippen LogP contribution in [0.5, 0.6) is 0 Å². The quantitative estimate of drug-likeness (QED) is 0.167. The molecule has 7 fully saturated rings. The van der Waals surface area contributed by atoms with Crippen LogP contribution in [0, 0.1) is 29.6 Å². The number of fused-ring (bicyclic) bond motifs is 9. The minimum atomic E-state index is 0.110. The van der Waals surface area contributed by atoms with Gasteiger partial charge in [0.05, 0.1) is 0 Å². The Bertz CT molecular complexity index is 3490. The molecule has 4 atom stereocenters. The minimum absolute atomic E-state index is 0.110. The van der Waals surface area contributed by atoms with Gasteiger partial charge in [0.25, 0.3) is 0 Å². The summed E-state index contributed by atoms with van der Waals surface area (Å²) >= 11 is 0. The van der Waals surface area contributed by atoms with Gasteiger partial charge in [-0.05, 0) is 189 Å². The van der Waals surface area contributed by atoms with Crippen LogP contribution in [0.15, 0.2) is 164 Å². The zero-order valence-corrected chi connectivity index (χ0v) is 34.7. The first-order chi connectivity index (χ1) is 30.7. The third-order valence-electron chi connectivity index (χ3n) is 19.5. The van der Waals surface area contributed by atoms with E-state index in [1.54, 1.807) is 27.5 Å². The van der Waals surface area contributed by atoms with Crippen LogP contribution in [-0.2, 0) is 16.2 Å². The second kappa shape index (κ2) is 10.5. The molecular weight excluding hydrogens is 745 g/mol. The molecule has 62 heavy (non-hydrogen) atoms. The van der Waals surface area contributed by atoms with Crippen molar-refractivity contribution >= 4 is 32.3 Å². The fourth-order valence-electron chi connectivity index (χ4n) is 18.1. The summed E-state index contributed by atoms with van der Waals surface area (Å²) in [7, 11) is 0. The highest BCUT2D eigenvalue weighted by Gasteiger charge is 2.79. The highest BCUT2D eigenvalue weighted by molar-refractivity contribution is 6.18. The van der Waals surface area contributed by atoms with Gasteiger partial charge in [-0.15, -0.1) is 0 Å². The molecule has 0 radical (unpaired) electrons. The van der Waals surface area contributed by atoms with Gasteiger partial charge in [-0.2, -0.15) is 0 Å². The van der Waals surface area contributed by atoms with Gasteiger partial charge < -0.3 is 0 Å². The Balaban J connectivity index is 0.945. The molecule has 0 heteroatoms. The molecule has 9 aromatic rings. The van der Waals surface area contributed by atoms with E-state index < -0.39 is 0 Å². The highest BCUT2D eigenvalue weighted by atomic mass is 14.8. The molecule has 8 bridgehead atoms. The lowest BCUT2D eigenvalue weighted by molar-refractivity contribution is -0.244. The average Bonchev–Trinajstić information content (AvgIpc) is 3.96. The molecule has 0 amide bonds. The van der Waals surface area contributed by atoms with Crippen molar-refractivity contribution in [3.63, 3.8) is 0 Å². The molecule has 0 aromatic heterocycles. The molecule has 0 spiro atoms. The maximum absolute atomic E-state index is 2.69. The lowest BCUT2D eigenvalue weighted by Crippen LogP contribution is -2.77. The predicted molar refractivity (Wildman–Crippen MR) is 255 cm³/mol. The molecule has 292 valence electrons. The van der Waals surface area contributed by atoms with Crippen molar-refractivity contribution in [1.82, 2.24) is 0 Å². The van der Waals surface area contributed by atoms with Gasteiger partial charge in [0, 0.05) is 10.8 Å². The first kappa shape index (κ1) is 32.5. The van der Waals surface area contributed by atoms with E-state index in [0.717, 1.165) is 5.92 Å². The van der Waals surface area contributed by atoms with E-state index in [1.807, 2.05) is 0 Å². The molecule has 0 saturated heterocycles. The van der Waals surface area contributed by atoms with Crippen LogP contribution in [0.1, 0.15) is 55.2 Å². The molecule has 10 aliphatic carbocycles. The topological polar surface area (TPSA) is 0 Å². The van der Waals surface area contributed by atoms with Crippen molar-refractivity contribution in [2.24, 2.45) is 29.6 Å². The molecule has 19 rings (SSSR count). The fourth-order valence-corrected chi connectivity index (χ4v) is 18.1. The molecule has 9 aromatic carbocycles. The van der Waals surface area contributed by atoms with Crippen molar-refractivity contribution in [1.29, 1.82) is 0 Å². The van der Waals surface area contributed by atoms with E-state index in [9.17, 15) is 0 Å². The lowest BCUT2D eigenvalue weighted by atomic mass is 9.22. The number of benzene rings is 9. The molecule has 4 unspecified atom stereocenters. The third kappa shape index (κ3) is 3.37. The normalized spacial score (nSPS) is 29.9. The zero-order valence-electron chi connectivity index (χ0n) is 34.7. The molecule has 7 saturated carbocycles. The van der Waals surface area contributed by atoms with Gasteiger partial charge >= 0.3 is 0 Å². The van der Waals surface area contributed by atoms with Gasteiger partial charge in [-0.25, -0.2) is 0 Å². The summed E-state index contributed by atoms with van der Waals surface area (Å²) in [5.74, 6) is 3.40. The molecular formula is C62H44. The summed E-state index contributed by atoms with van der Waals surface area (Å²) in [4.78, 5) is 0. The zero-order chi connectivity index (χ0) is 39.8. The van der Waals surface area contributed by atoms with E-state index in [-0.39, 0.29) is 16.2 Å². The summed E-state index contributed by atoms with van der Waals surface area (Å²) in [5.41, 5.74) is 22.6. The monoisotopic (exact) mass is 788 g/mol. The summed E-state index contributed by atoms with van der Waals surface area (Å²) < 4.78 is 0. The molecule has 0 heterocycles. The van der Waals surface area contributed by atoms with Crippen molar-refractivity contribution in [3.8, 4) is 66.8 Å². The van der Waals surface area contributed by atoms with Crippen molar-refractivity contribution in [3.05, 3.63) is 180 Å². The SMILES string of the molecule is c1ccc2c(c1)-c1cccc3c(C45CC6C7CC8CC(C(C4)C6(c4ccc6c9c(cccc49)-c4ccccc4-6)C8)C7(c4ccc6c7c(cccc47)-c4ccccc4-6)C5)ccc-2c13. The average molecular weight is 789 g/mol. The van der Waals surface area contributed by atoms with Crippen LogP contribution < -0.4 is 0 Å². The number of rotatable bonds is 3. The fraction of sp³-hybridized carbons (Fsp3) is 0.226. The maximum atomic E-state index is 2.69. The predicted octanol–water partition coefficient (Wildman–Crippen LogP) is 15.7. The standard InChI is InChI=1S/C62H44/c1-4-13-38-35(10-1)41-16-7-19-47-50(25-22-44(38)57(41)47)60-31-55-53-28-34-29-54(62(53,33-60)52-27-24-46-40-15-6-3-12-37(40)43-18-9-21-49(52)59(43)46)56(32-60)61(55,30-34)51-26-23-45-39-14-5-2-11-36(39)42-17-8-20-48(51)58(42)45/h1-27,34,53-56H,28-33H2. The van der Waals surface area contributed by atoms with Gasteiger partial charge in [0.2, 0.25) is 0 Å². The Kier molecular flexibility index (Phi) is 5.50. The first-order valence-corrected chi connectivity index (χ1v) is 23.6. The van der Waals surface area contributed by atoms with E-state index in [0.29, 0.717) is 23.7 Å². The van der Waals surface area contributed by atoms with Gasteiger partial charge in [-0.1, -0.05) is 164 Å². The summed E-state index contributed by atoms with van der Waals surface area (Å²) in [5, 5.41) is 9.17. The van der Waals surface area contributed by atoms with E-state index >= 15 is 0 Å². The Morgan fingerprint density at radius 3 is 1.08 bits per heavy atom. The highest BCUT2D eigenvalue weighted by Crippen LogP contribution is 2.83. The Morgan fingerprint density at radius 2 is 0.645 bits per heavy atom. The van der Waals surface area contributed by atoms with Gasteiger partial charge in [0.1, 0.15) is 0 Å². The van der Waals surface area contributed by atoms with Crippen LogP contribution in [0.4, 0.5) is 0 Å². The largest absolute Gasteiger partial charge is 0.0616 e. The van der Waals surface area contributed by atoms with E-state index in [1.165, 1.54) is 127 Å².